The van der Waals surface area contributed by atoms with Crippen LogP contribution in [0.15, 0.2) is 42.5 Å². The number of alkyl halides is 1. The molecule has 0 N–H and O–H groups in total. The monoisotopic (exact) mass is 331 g/mol. The lowest BCUT2D eigenvalue weighted by Gasteiger charge is -2.08. The number of hydrogen-bond acceptors (Lipinski definition) is 3. The first-order valence-corrected chi connectivity index (χ1v) is 8.12. The third-order valence-electron chi connectivity index (χ3n) is 3.98. The molecule has 1 aromatic heterocycles. The van der Waals surface area contributed by atoms with E-state index in [9.17, 15) is 4.39 Å². The minimum Gasteiger partial charge on any atom is -0.491 e. The zero-order valence-corrected chi connectivity index (χ0v) is 13.8. The molecule has 0 fully saturated rings. The van der Waals surface area contributed by atoms with Crippen LogP contribution in [-0.4, -0.2) is 44.3 Å². The number of para-hydroxylation sites is 1. The fourth-order valence-corrected chi connectivity index (χ4v) is 2.83. The Kier molecular flexibility index (Phi) is 5.67. The van der Waals surface area contributed by atoms with Crippen molar-refractivity contribution in [1.82, 2.24) is 4.57 Å². The van der Waals surface area contributed by atoms with E-state index in [-0.39, 0.29) is 6.61 Å². The molecule has 3 rings (SSSR count). The van der Waals surface area contributed by atoms with Crippen LogP contribution < -0.4 is 4.74 Å². The molecule has 3 aromatic rings. The maximum absolute atomic E-state index is 11.8. The summed E-state index contributed by atoms with van der Waals surface area (Å²) in [6, 6.07) is 14.5. The molecule has 0 spiro atoms. The van der Waals surface area contributed by atoms with Gasteiger partial charge in [0.25, 0.3) is 0 Å². The van der Waals surface area contributed by atoms with Gasteiger partial charge in [-0.05, 0) is 18.2 Å². The van der Waals surface area contributed by atoms with Crippen molar-refractivity contribution in [3.05, 3.63) is 42.5 Å². The standard InChI is InChI=1S/C19H22FNO3/c1-21-18-5-3-2-4-16(18)17-7-6-15(14-19(17)21)24-13-12-23-11-10-22-9-8-20/h2-7,14H,8-13H2,1H3. The van der Waals surface area contributed by atoms with Crippen molar-refractivity contribution in [1.29, 1.82) is 0 Å². The van der Waals surface area contributed by atoms with Crippen molar-refractivity contribution < 1.29 is 18.6 Å². The van der Waals surface area contributed by atoms with E-state index < -0.39 is 6.67 Å². The summed E-state index contributed by atoms with van der Waals surface area (Å²) in [6.45, 7) is 1.48. The Bertz CT molecular complexity index is 800. The maximum Gasteiger partial charge on any atom is 0.121 e. The molecule has 0 bridgehead atoms. The Labute approximate surface area is 140 Å². The minimum absolute atomic E-state index is 0.130. The summed E-state index contributed by atoms with van der Waals surface area (Å²) in [6.07, 6.45) is 0. The Morgan fingerprint density at radius 1 is 0.833 bits per heavy atom. The highest BCUT2D eigenvalue weighted by atomic mass is 19.1. The van der Waals surface area contributed by atoms with Crippen LogP contribution in [0.2, 0.25) is 0 Å². The zero-order valence-electron chi connectivity index (χ0n) is 13.8. The molecule has 0 saturated heterocycles. The highest BCUT2D eigenvalue weighted by Gasteiger charge is 2.08. The number of ether oxygens (including phenoxy) is 3. The van der Waals surface area contributed by atoms with Crippen LogP contribution in [0.5, 0.6) is 5.75 Å². The molecule has 0 aliphatic carbocycles. The molecule has 24 heavy (non-hydrogen) atoms. The number of hydrogen-bond donors (Lipinski definition) is 0. The predicted octanol–water partition coefficient (Wildman–Crippen LogP) is 3.71. The Morgan fingerprint density at radius 3 is 2.38 bits per heavy atom. The molecule has 0 saturated carbocycles. The van der Waals surface area contributed by atoms with Gasteiger partial charge in [-0.1, -0.05) is 18.2 Å². The van der Waals surface area contributed by atoms with Gasteiger partial charge in [0.15, 0.2) is 0 Å². The third-order valence-corrected chi connectivity index (χ3v) is 3.98. The molecule has 4 nitrogen and oxygen atoms in total. The Hall–Kier alpha value is -2.11. The van der Waals surface area contributed by atoms with Crippen molar-refractivity contribution in [2.24, 2.45) is 7.05 Å². The second-order valence-corrected chi connectivity index (χ2v) is 5.52. The lowest BCUT2D eigenvalue weighted by Crippen LogP contribution is -2.11. The molecular formula is C19H22FNO3. The summed E-state index contributed by atoms with van der Waals surface area (Å²) in [4.78, 5) is 0. The largest absolute Gasteiger partial charge is 0.491 e. The first-order valence-electron chi connectivity index (χ1n) is 8.12. The number of fused-ring (bicyclic) bond motifs is 3. The van der Waals surface area contributed by atoms with Gasteiger partial charge < -0.3 is 18.8 Å². The lowest BCUT2D eigenvalue weighted by molar-refractivity contribution is 0.0325. The van der Waals surface area contributed by atoms with Gasteiger partial charge in [0.05, 0.1) is 31.9 Å². The molecule has 0 amide bonds. The van der Waals surface area contributed by atoms with Crippen LogP contribution in [0.1, 0.15) is 0 Å². The zero-order chi connectivity index (χ0) is 16.8. The summed E-state index contributed by atoms with van der Waals surface area (Å²) in [5.74, 6) is 0.825. The summed E-state index contributed by atoms with van der Waals surface area (Å²) in [5, 5.41) is 2.47. The first-order chi connectivity index (χ1) is 11.8. The molecule has 2 aromatic carbocycles. The van der Waals surface area contributed by atoms with Gasteiger partial charge in [0.2, 0.25) is 0 Å². The molecule has 128 valence electrons. The van der Waals surface area contributed by atoms with Crippen LogP contribution in [0.25, 0.3) is 21.8 Å². The molecule has 0 atom stereocenters. The number of benzene rings is 2. The Morgan fingerprint density at radius 2 is 1.54 bits per heavy atom. The highest BCUT2D eigenvalue weighted by Crippen LogP contribution is 2.30. The topological polar surface area (TPSA) is 32.6 Å². The van der Waals surface area contributed by atoms with E-state index >= 15 is 0 Å². The number of rotatable bonds is 9. The maximum atomic E-state index is 11.8. The minimum atomic E-state index is -0.459. The van der Waals surface area contributed by atoms with E-state index in [2.05, 4.69) is 41.9 Å². The normalized spacial score (nSPS) is 11.4. The molecule has 0 aliphatic rings. The van der Waals surface area contributed by atoms with E-state index in [1.807, 2.05) is 12.1 Å². The molecular weight excluding hydrogens is 309 g/mol. The molecule has 0 radical (unpaired) electrons. The van der Waals surface area contributed by atoms with Crippen molar-refractivity contribution >= 4 is 21.8 Å². The highest BCUT2D eigenvalue weighted by molar-refractivity contribution is 6.08. The summed E-state index contributed by atoms with van der Waals surface area (Å²) in [7, 11) is 2.06. The second-order valence-electron chi connectivity index (χ2n) is 5.52. The second kappa shape index (κ2) is 8.13. The molecule has 0 aliphatic heterocycles. The first kappa shape index (κ1) is 16.7. The van der Waals surface area contributed by atoms with E-state index in [0.29, 0.717) is 26.4 Å². The summed E-state index contributed by atoms with van der Waals surface area (Å²) in [5.41, 5.74) is 2.36. The fourth-order valence-electron chi connectivity index (χ4n) is 2.83. The van der Waals surface area contributed by atoms with Crippen LogP contribution in [0.3, 0.4) is 0 Å². The van der Waals surface area contributed by atoms with Crippen molar-refractivity contribution in [2.45, 2.75) is 0 Å². The van der Waals surface area contributed by atoms with Crippen molar-refractivity contribution in [3.8, 4) is 5.75 Å². The van der Waals surface area contributed by atoms with Crippen LogP contribution >= 0.6 is 0 Å². The van der Waals surface area contributed by atoms with E-state index in [0.717, 1.165) is 11.3 Å². The summed E-state index contributed by atoms with van der Waals surface area (Å²) >= 11 is 0. The molecule has 0 unspecified atom stereocenters. The average Bonchev–Trinajstić information content (AvgIpc) is 2.90. The van der Waals surface area contributed by atoms with Crippen LogP contribution in [-0.2, 0) is 16.5 Å². The Balaban J connectivity index is 1.56. The molecule has 5 heteroatoms. The van der Waals surface area contributed by atoms with Gasteiger partial charge >= 0.3 is 0 Å². The van der Waals surface area contributed by atoms with Crippen LogP contribution in [0.4, 0.5) is 4.39 Å². The van der Waals surface area contributed by atoms with Gasteiger partial charge in [-0.2, -0.15) is 0 Å². The lowest BCUT2D eigenvalue weighted by atomic mass is 10.1. The number of aromatic nitrogens is 1. The van der Waals surface area contributed by atoms with E-state index in [1.54, 1.807) is 0 Å². The van der Waals surface area contributed by atoms with Crippen LogP contribution in [0, 0.1) is 0 Å². The molecule has 1 heterocycles. The summed E-state index contributed by atoms with van der Waals surface area (Å²) < 4.78 is 30.1. The smallest absolute Gasteiger partial charge is 0.121 e. The SMILES string of the molecule is Cn1c2ccccc2c2ccc(OCCOCCOCCF)cc21. The van der Waals surface area contributed by atoms with Gasteiger partial charge in [0, 0.05) is 29.4 Å². The number of nitrogens with zero attached hydrogens (tertiary/aromatic N) is 1. The van der Waals surface area contributed by atoms with Gasteiger partial charge in [-0.25, -0.2) is 4.39 Å². The quantitative estimate of drug-likeness (QED) is 0.560. The van der Waals surface area contributed by atoms with E-state index in [1.165, 1.54) is 16.3 Å². The third kappa shape index (κ3) is 3.68. The fraction of sp³-hybridized carbons (Fsp3) is 0.368. The van der Waals surface area contributed by atoms with Gasteiger partial charge in [-0.3, -0.25) is 0 Å². The van der Waals surface area contributed by atoms with Gasteiger partial charge in [0.1, 0.15) is 19.0 Å². The van der Waals surface area contributed by atoms with Crippen molar-refractivity contribution in [3.63, 3.8) is 0 Å². The van der Waals surface area contributed by atoms with Crippen molar-refractivity contribution in [2.75, 3.05) is 39.7 Å². The van der Waals surface area contributed by atoms with Gasteiger partial charge in [-0.15, -0.1) is 0 Å². The number of aryl methyl sites for hydroxylation is 1. The average molecular weight is 331 g/mol. The van der Waals surface area contributed by atoms with E-state index in [4.69, 9.17) is 14.2 Å². The number of halogens is 1. The predicted molar refractivity (Wildman–Crippen MR) is 93.5 cm³/mol.